The van der Waals surface area contributed by atoms with Gasteiger partial charge in [-0.05, 0) is 77.4 Å². The minimum absolute atomic E-state index is 0.0254. The van der Waals surface area contributed by atoms with Crippen LogP contribution in [0.3, 0.4) is 0 Å². The third kappa shape index (κ3) is 4.63. The van der Waals surface area contributed by atoms with Crippen LogP contribution in [0.4, 0.5) is 4.39 Å². The largest absolute Gasteiger partial charge is 0.502 e. The molecule has 0 aromatic heterocycles. The summed E-state index contributed by atoms with van der Waals surface area (Å²) in [5.74, 6) is -1.69. The number of nitrogens with one attached hydrogen (secondary N) is 2. The maximum absolute atomic E-state index is 13.3. The smallest absolute Gasteiger partial charge is 0.310 e. The van der Waals surface area contributed by atoms with Crippen molar-refractivity contribution in [3.05, 3.63) is 76.6 Å². The normalized spacial score (nSPS) is 21.8. The number of rotatable bonds is 5. The van der Waals surface area contributed by atoms with Crippen LogP contribution in [-0.2, 0) is 9.53 Å². The van der Waals surface area contributed by atoms with Crippen LogP contribution in [0.5, 0.6) is 28.7 Å². The number of carbonyl (C=O) groups excluding carboxylic acids is 2. The molecule has 2 aliphatic heterocycles. The van der Waals surface area contributed by atoms with Crippen LogP contribution in [0.1, 0.15) is 39.0 Å². The first-order chi connectivity index (χ1) is 19.8. The predicted molar refractivity (Wildman–Crippen MR) is 146 cm³/mol. The second-order valence-electron chi connectivity index (χ2n) is 9.82. The number of hydrogen-bond acceptors (Lipinski definition) is 9. The Kier molecular flexibility index (Phi) is 6.78. The molecule has 3 N–H and O–H groups in total. The lowest BCUT2D eigenvalue weighted by molar-refractivity contribution is -0.141. The summed E-state index contributed by atoms with van der Waals surface area (Å²) in [5.41, 5.74) is 2.41. The number of phenolic OH excluding ortho intramolecular Hbond substituents is 1. The molecule has 0 spiro atoms. The van der Waals surface area contributed by atoms with Gasteiger partial charge in [0.05, 0.1) is 32.8 Å². The third-order valence-electron chi connectivity index (χ3n) is 7.67. The molecule has 0 radical (unpaired) electrons. The minimum Gasteiger partial charge on any atom is -0.502 e. The number of carbonyl (C=O) groups is 2. The highest BCUT2D eigenvalue weighted by molar-refractivity contribution is 7.80. The number of thiocarbonyl (C=S) groups is 1. The quantitative estimate of drug-likeness (QED) is 0.305. The molecule has 0 unspecified atom stereocenters. The topological polar surface area (TPSA) is 125 Å². The van der Waals surface area contributed by atoms with E-state index in [1.54, 1.807) is 12.1 Å². The van der Waals surface area contributed by atoms with Gasteiger partial charge in [-0.3, -0.25) is 14.9 Å². The fourth-order valence-corrected chi connectivity index (χ4v) is 6.01. The van der Waals surface area contributed by atoms with Crippen LogP contribution in [0.2, 0.25) is 0 Å². The average molecular weight is 581 g/mol. The first kappa shape index (κ1) is 26.6. The van der Waals surface area contributed by atoms with Crippen molar-refractivity contribution in [1.82, 2.24) is 10.6 Å². The molecule has 12 heteroatoms. The van der Waals surface area contributed by atoms with Gasteiger partial charge >= 0.3 is 5.97 Å². The number of phenols is 1. The van der Waals surface area contributed by atoms with Crippen molar-refractivity contribution in [3.8, 4) is 28.7 Å². The molecule has 41 heavy (non-hydrogen) atoms. The van der Waals surface area contributed by atoms with Gasteiger partial charge in [0.2, 0.25) is 12.5 Å². The molecule has 4 atom stereocenters. The highest BCUT2D eigenvalue weighted by atomic mass is 32.1. The third-order valence-corrected chi connectivity index (χ3v) is 7.89. The summed E-state index contributed by atoms with van der Waals surface area (Å²) in [5, 5.41) is 16.4. The highest BCUT2D eigenvalue weighted by Gasteiger charge is 2.53. The van der Waals surface area contributed by atoms with Gasteiger partial charge in [-0.15, -0.1) is 0 Å². The first-order valence-corrected chi connectivity index (χ1v) is 13.1. The molecular formula is C29H25FN2O8S. The summed E-state index contributed by atoms with van der Waals surface area (Å²) in [6.07, 6.45) is 0. The maximum atomic E-state index is 13.3. The molecule has 10 nitrogen and oxygen atoms in total. The molecule has 1 aliphatic carbocycles. The molecular weight excluding hydrogens is 555 g/mol. The van der Waals surface area contributed by atoms with Gasteiger partial charge in [0.15, 0.2) is 28.1 Å². The number of aromatic hydroxyl groups is 1. The Morgan fingerprint density at radius 3 is 2.27 bits per heavy atom. The number of halogens is 1. The van der Waals surface area contributed by atoms with Gasteiger partial charge < -0.3 is 34.1 Å². The zero-order chi connectivity index (χ0) is 28.8. The van der Waals surface area contributed by atoms with E-state index in [0.29, 0.717) is 17.1 Å². The Bertz CT molecular complexity index is 1540. The highest BCUT2D eigenvalue weighted by Crippen LogP contribution is 2.55. The number of fused-ring (bicyclic) bond motifs is 3. The Labute approximate surface area is 239 Å². The van der Waals surface area contributed by atoms with Crippen molar-refractivity contribution in [3.63, 3.8) is 0 Å². The number of cyclic esters (lactones) is 1. The molecule has 0 saturated carbocycles. The molecule has 6 rings (SSSR count). The van der Waals surface area contributed by atoms with Gasteiger partial charge in [0.25, 0.3) is 5.91 Å². The van der Waals surface area contributed by atoms with Crippen LogP contribution in [0, 0.1) is 17.7 Å². The molecule has 1 amide bonds. The first-order valence-electron chi connectivity index (χ1n) is 12.7. The van der Waals surface area contributed by atoms with Crippen molar-refractivity contribution in [2.75, 3.05) is 27.6 Å². The van der Waals surface area contributed by atoms with Gasteiger partial charge in [-0.25, -0.2) is 4.39 Å². The van der Waals surface area contributed by atoms with E-state index in [1.165, 1.54) is 38.5 Å². The number of methoxy groups -OCH3 is 2. The molecule has 3 aromatic carbocycles. The lowest BCUT2D eigenvalue weighted by Crippen LogP contribution is -2.47. The van der Waals surface area contributed by atoms with Crippen molar-refractivity contribution in [2.24, 2.45) is 11.8 Å². The lowest BCUT2D eigenvalue weighted by atomic mass is 9.65. The van der Waals surface area contributed by atoms with Crippen LogP contribution in [-0.4, -0.2) is 49.7 Å². The van der Waals surface area contributed by atoms with Gasteiger partial charge in [0, 0.05) is 17.4 Å². The second-order valence-corrected chi connectivity index (χ2v) is 10.2. The van der Waals surface area contributed by atoms with E-state index in [-0.39, 0.29) is 41.3 Å². The monoisotopic (exact) mass is 580 g/mol. The molecule has 1 fully saturated rings. The van der Waals surface area contributed by atoms with Crippen LogP contribution in [0.15, 0.2) is 48.5 Å². The summed E-state index contributed by atoms with van der Waals surface area (Å²) in [7, 11) is 2.86. The summed E-state index contributed by atoms with van der Waals surface area (Å²) >= 11 is 5.50. The van der Waals surface area contributed by atoms with Crippen LogP contribution in [0.25, 0.3) is 0 Å². The minimum atomic E-state index is -0.657. The summed E-state index contributed by atoms with van der Waals surface area (Å²) in [4.78, 5) is 26.0. The van der Waals surface area contributed by atoms with Crippen molar-refractivity contribution < 1.29 is 42.8 Å². The van der Waals surface area contributed by atoms with Crippen molar-refractivity contribution >= 4 is 29.2 Å². The van der Waals surface area contributed by atoms with Gasteiger partial charge in [-0.1, -0.05) is 0 Å². The van der Waals surface area contributed by atoms with E-state index in [4.69, 9.17) is 35.9 Å². The van der Waals surface area contributed by atoms with Crippen LogP contribution < -0.4 is 29.6 Å². The van der Waals surface area contributed by atoms with E-state index < -0.39 is 41.5 Å². The standard InChI is InChI=1S/C29H25FN2O8S/c1-36-21-7-14(8-22(37-2)26(21)33)23-16-9-19-20(40-12-39-19)10-17(16)25(18-11-38-28(35)24(18)23)31-29(41)32-27(34)13-3-5-15(30)6-4-13/h3-10,18,23-25,33H,11-12H2,1-2H3,(H2,31,32,34,41)/t18-,23+,24-,25+/m0/s1. The zero-order valence-electron chi connectivity index (χ0n) is 21.9. The number of amides is 1. The molecule has 3 aliphatic rings. The number of benzene rings is 3. The summed E-state index contributed by atoms with van der Waals surface area (Å²) in [6, 6.07) is 11.5. The zero-order valence-corrected chi connectivity index (χ0v) is 22.8. The number of esters is 1. The molecule has 2 heterocycles. The molecule has 0 bridgehead atoms. The average Bonchev–Trinajstić information content (AvgIpc) is 3.59. The van der Waals surface area contributed by atoms with E-state index >= 15 is 0 Å². The number of hydrogen-bond donors (Lipinski definition) is 3. The molecule has 1 saturated heterocycles. The van der Waals surface area contributed by atoms with Crippen molar-refractivity contribution in [2.45, 2.75) is 12.0 Å². The predicted octanol–water partition coefficient (Wildman–Crippen LogP) is 3.56. The Balaban J connectivity index is 1.41. The fraction of sp³-hybridized carbons (Fsp3) is 0.276. The Hall–Kier alpha value is -4.58. The fourth-order valence-electron chi connectivity index (χ4n) is 5.79. The SMILES string of the molecule is COc1cc([C@@H]2c3cc4c(cc3[C@@H](NC(=S)NC(=O)c3ccc(F)cc3)[C@H]3COC(=O)[C@H]23)OCO4)cc(OC)c1O. The van der Waals surface area contributed by atoms with Gasteiger partial charge in [-0.2, -0.15) is 0 Å². The van der Waals surface area contributed by atoms with E-state index in [9.17, 15) is 19.1 Å². The Morgan fingerprint density at radius 1 is 1.00 bits per heavy atom. The summed E-state index contributed by atoms with van der Waals surface area (Å²) in [6.45, 7) is 0.148. The molecule has 3 aromatic rings. The molecule has 212 valence electrons. The van der Waals surface area contributed by atoms with Crippen molar-refractivity contribution in [1.29, 1.82) is 0 Å². The number of ether oxygens (including phenoxy) is 5. The lowest BCUT2D eigenvalue weighted by Gasteiger charge is -2.40. The summed E-state index contributed by atoms with van der Waals surface area (Å²) < 4.78 is 41.0. The second kappa shape index (κ2) is 10.4. The van der Waals surface area contributed by atoms with E-state index in [2.05, 4.69) is 10.6 Å². The Morgan fingerprint density at radius 2 is 1.63 bits per heavy atom. The van der Waals surface area contributed by atoms with Gasteiger partial charge in [0.1, 0.15) is 5.82 Å². The van der Waals surface area contributed by atoms with Crippen LogP contribution >= 0.6 is 12.2 Å². The van der Waals surface area contributed by atoms with E-state index in [0.717, 1.165) is 11.1 Å². The van der Waals surface area contributed by atoms with E-state index in [1.807, 2.05) is 12.1 Å². The maximum Gasteiger partial charge on any atom is 0.310 e.